The summed E-state index contributed by atoms with van der Waals surface area (Å²) in [6.45, 7) is 0. The summed E-state index contributed by atoms with van der Waals surface area (Å²) in [7, 11) is 0. The molecule has 140 valence electrons. The zero-order valence-electron chi connectivity index (χ0n) is 14.1. The van der Waals surface area contributed by atoms with Crippen LogP contribution in [0.3, 0.4) is 0 Å². The molecule has 1 aliphatic rings. The first kappa shape index (κ1) is 19.4. The van der Waals surface area contributed by atoms with Crippen LogP contribution in [0.1, 0.15) is 5.56 Å². The molecule has 0 aliphatic carbocycles. The van der Waals surface area contributed by atoms with E-state index in [9.17, 15) is 25.0 Å². The van der Waals surface area contributed by atoms with Crippen LogP contribution >= 0.6 is 24.0 Å². The maximum atomic E-state index is 12.6. The minimum Gasteiger partial charge on any atom is -0.268 e. The molecule has 0 spiro atoms. The summed E-state index contributed by atoms with van der Waals surface area (Å²) in [5, 5.41) is 21.4. The zero-order valence-corrected chi connectivity index (χ0v) is 15.7. The van der Waals surface area contributed by atoms with Gasteiger partial charge in [0.25, 0.3) is 17.3 Å². The van der Waals surface area contributed by atoms with Crippen molar-refractivity contribution >= 4 is 57.3 Å². The third kappa shape index (κ3) is 4.13. The average molecular weight is 413 g/mol. The number of rotatable bonds is 5. The fourth-order valence-electron chi connectivity index (χ4n) is 2.38. The number of amides is 1. The molecule has 0 aromatic heterocycles. The number of benzene rings is 2. The smallest absolute Gasteiger partial charge is 0.268 e. The number of thioether (sulfide) groups is 1. The minimum atomic E-state index is -0.517. The van der Waals surface area contributed by atoms with Crippen LogP contribution in [0.5, 0.6) is 0 Å². The molecule has 0 saturated carbocycles. The van der Waals surface area contributed by atoms with Gasteiger partial charge in [-0.05, 0) is 35.9 Å². The van der Waals surface area contributed by atoms with Crippen LogP contribution in [0.4, 0.5) is 17.1 Å². The fraction of sp³-hybridized carbons (Fsp3) is 0. The molecule has 1 saturated heterocycles. The Hall–Kier alpha value is -3.37. The predicted molar refractivity (Wildman–Crippen MR) is 111 cm³/mol. The lowest BCUT2D eigenvalue weighted by molar-refractivity contribution is -0.385. The van der Waals surface area contributed by atoms with E-state index < -0.39 is 9.85 Å². The van der Waals surface area contributed by atoms with E-state index in [1.54, 1.807) is 30.4 Å². The van der Waals surface area contributed by atoms with Crippen molar-refractivity contribution in [2.24, 2.45) is 0 Å². The standard InChI is InChI=1S/C18H11N3O5S2/c22-17-16(3-1-2-12-4-6-14(7-5-12)20(23)24)28-18(27)19(17)13-8-10-15(11-9-13)21(25)26/h1-11H/b2-1+,16-3?. The Balaban J connectivity index is 1.75. The van der Waals surface area contributed by atoms with Gasteiger partial charge >= 0.3 is 0 Å². The Bertz CT molecular complexity index is 1030. The van der Waals surface area contributed by atoms with Crippen LogP contribution in [-0.2, 0) is 4.79 Å². The Morgan fingerprint density at radius 1 is 0.929 bits per heavy atom. The van der Waals surface area contributed by atoms with Gasteiger partial charge in [0.2, 0.25) is 0 Å². The van der Waals surface area contributed by atoms with Crippen molar-refractivity contribution in [1.29, 1.82) is 0 Å². The lowest BCUT2D eigenvalue weighted by Gasteiger charge is -2.13. The lowest BCUT2D eigenvalue weighted by Crippen LogP contribution is -2.27. The maximum absolute atomic E-state index is 12.6. The van der Waals surface area contributed by atoms with E-state index in [1.165, 1.54) is 41.3 Å². The number of non-ortho nitro benzene ring substituents is 2. The topological polar surface area (TPSA) is 107 Å². The van der Waals surface area contributed by atoms with Crippen molar-refractivity contribution in [2.75, 3.05) is 4.90 Å². The second kappa shape index (κ2) is 8.11. The molecular formula is C18H11N3O5S2. The van der Waals surface area contributed by atoms with Gasteiger partial charge in [0.1, 0.15) is 0 Å². The predicted octanol–water partition coefficient (Wildman–Crippen LogP) is 4.47. The van der Waals surface area contributed by atoms with Gasteiger partial charge in [0.05, 0.1) is 20.4 Å². The number of nitro groups is 2. The fourth-order valence-corrected chi connectivity index (χ4v) is 3.63. The van der Waals surface area contributed by atoms with E-state index in [1.807, 2.05) is 0 Å². The minimum absolute atomic E-state index is 0.00104. The molecule has 2 aromatic carbocycles. The molecule has 0 bridgehead atoms. The van der Waals surface area contributed by atoms with Crippen LogP contribution in [0.15, 0.2) is 65.6 Å². The summed E-state index contributed by atoms with van der Waals surface area (Å²) in [6.07, 6.45) is 4.97. The second-order valence-electron chi connectivity index (χ2n) is 5.52. The summed E-state index contributed by atoms with van der Waals surface area (Å²) in [6, 6.07) is 11.6. The lowest BCUT2D eigenvalue weighted by atomic mass is 10.2. The van der Waals surface area contributed by atoms with Crippen LogP contribution in [0.2, 0.25) is 0 Å². The molecule has 0 atom stereocenters. The molecule has 0 unspecified atom stereocenters. The second-order valence-corrected chi connectivity index (χ2v) is 7.20. The number of thiocarbonyl (C=S) groups is 1. The van der Waals surface area contributed by atoms with E-state index in [0.717, 1.165) is 17.3 Å². The van der Waals surface area contributed by atoms with Gasteiger partial charge in [0, 0.05) is 24.3 Å². The molecule has 10 heteroatoms. The zero-order chi connectivity index (χ0) is 20.3. The molecule has 1 aliphatic heterocycles. The van der Waals surface area contributed by atoms with Gasteiger partial charge in [-0.1, -0.05) is 36.1 Å². The molecule has 28 heavy (non-hydrogen) atoms. The van der Waals surface area contributed by atoms with Crippen molar-refractivity contribution in [1.82, 2.24) is 0 Å². The average Bonchev–Trinajstić information content (AvgIpc) is 2.95. The normalized spacial score (nSPS) is 15.6. The summed E-state index contributed by atoms with van der Waals surface area (Å²) in [5.74, 6) is -0.322. The third-order valence-corrected chi connectivity index (χ3v) is 5.07. The SMILES string of the molecule is O=C1C(=C/C=C/c2ccc([N+](=O)[O-])cc2)SC(=S)N1c1ccc([N+](=O)[O-])cc1. The summed E-state index contributed by atoms with van der Waals surface area (Å²) >= 11 is 6.37. The van der Waals surface area contributed by atoms with Crippen LogP contribution in [-0.4, -0.2) is 20.1 Å². The Morgan fingerprint density at radius 2 is 1.46 bits per heavy atom. The molecular weight excluding hydrogens is 402 g/mol. The number of hydrogen-bond acceptors (Lipinski definition) is 7. The van der Waals surface area contributed by atoms with Gasteiger partial charge < -0.3 is 0 Å². The largest absolute Gasteiger partial charge is 0.270 e. The van der Waals surface area contributed by atoms with E-state index in [0.29, 0.717) is 14.9 Å². The summed E-state index contributed by atoms with van der Waals surface area (Å²) < 4.78 is 0.328. The highest BCUT2D eigenvalue weighted by Crippen LogP contribution is 2.35. The molecule has 1 heterocycles. The van der Waals surface area contributed by atoms with Gasteiger partial charge in [-0.15, -0.1) is 0 Å². The number of carbonyl (C=O) groups is 1. The van der Waals surface area contributed by atoms with E-state index in [4.69, 9.17) is 12.2 Å². The molecule has 0 N–H and O–H groups in total. The molecule has 1 amide bonds. The quantitative estimate of drug-likeness (QED) is 0.308. The Morgan fingerprint density at radius 3 is 2.00 bits per heavy atom. The van der Waals surface area contributed by atoms with Crippen LogP contribution in [0, 0.1) is 20.2 Å². The first-order valence-corrected chi connectivity index (χ1v) is 9.03. The van der Waals surface area contributed by atoms with Crippen molar-refractivity contribution in [2.45, 2.75) is 0 Å². The van der Waals surface area contributed by atoms with E-state index in [2.05, 4.69) is 0 Å². The number of nitrogens with zero attached hydrogens (tertiary/aromatic N) is 3. The van der Waals surface area contributed by atoms with Crippen LogP contribution in [0.25, 0.3) is 6.08 Å². The van der Waals surface area contributed by atoms with Gasteiger partial charge in [-0.2, -0.15) is 0 Å². The van der Waals surface area contributed by atoms with Gasteiger partial charge in [0.15, 0.2) is 4.32 Å². The highest BCUT2D eigenvalue weighted by molar-refractivity contribution is 8.27. The van der Waals surface area contributed by atoms with Crippen molar-refractivity contribution in [3.63, 3.8) is 0 Å². The number of nitro benzene ring substituents is 2. The van der Waals surface area contributed by atoms with Gasteiger partial charge in [-0.25, -0.2) is 0 Å². The van der Waals surface area contributed by atoms with E-state index in [-0.39, 0.29) is 17.3 Å². The number of allylic oxidation sites excluding steroid dienone is 2. The van der Waals surface area contributed by atoms with Gasteiger partial charge in [-0.3, -0.25) is 29.9 Å². The highest BCUT2D eigenvalue weighted by Gasteiger charge is 2.33. The van der Waals surface area contributed by atoms with Crippen molar-refractivity contribution in [3.05, 3.63) is 91.4 Å². The molecule has 0 radical (unpaired) electrons. The van der Waals surface area contributed by atoms with Crippen LogP contribution < -0.4 is 4.90 Å². The molecule has 3 rings (SSSR count). The van der Waals surface area contributed by atoms with E-state index >= 15 is 0 Å². The first-order chi connectivity index (χ1) is 13.4. The first-order valence-electron chi connectivity index (χ1n) is 7.80. The van der Waals surface area contributed by atoms with Crippen molar-refractivity contribution in [3.8, 4) is 0 Å². The number of hydrogen-bond donors (Lipinski definition) is 0. The molecule has 1 fully saturated rings. The Kier molecular flexibility index (Phi) is 5.62. The number of anilines is 1. The monoisotopic (exact) mass is 413 g/mol. The number of carbonyl (C=O) groups excluding carboxylic acids is 1. The highest BCUT2D eigenvalue weighted by atomic mass is 32.2. The van der Waals surface area contributed by atoms with Crippen molar-refractivity contribution < 1.29 is 14.6 Å². The molecule has 8 nitrogen and oxygen atoms in total. The third-order valence-electron chi connectivity index (χ3n) is 3.75. The Labute approximate surface area is 168 Å². The summed E-state index contributed by atoms with van der Waals surface area (Å²) in [5.41, 5.74) is 1.13. The molecule has 2 aromatic rings. The maximum Gasteiger partial charge on any atom is 0.270 e. The summed E-state index contributed by atoms with van der Waals surface area (Å²) in [4.78, 5) is 34.7.